The molecule has 0 heterocycles. The van der Waals surface area contributed by atoms with Crippen LogP contribution in [0, 0.1) is 17.2 Å². The standard InChI is InChI=1S/C8H14N2O4S/c1-6(2)5-7(8(11)12)10-15(13,14)4-3-9/h6-7,10H,4-5H2,1-2H3,(H,11,12)/t7-/m1/s1. The van der Waals surface area contributed by atoms with Crippen molar-refractivity contribution in [3.05, 3.63) is 0 Å². The van der Waals surface area contributed by atoms with Crippen LogP contribution >= 0.6 is 0 Å². The van der Waals surface area contributed by atoms with Crippen molar-refractivity contribution in [3.8, 4) is 6.07 Å². The molecule has 0 aromatic rings. The van der Waals surface area contributed by atoms with Gasteiger partial charge in [-0.05, 0) is 12.3 Å². The molecule has 0 rings (SSSR count). The van der Waals surface area contributed by atoms with Crippen LogP contribution in [0.25, 0.3) is 0 Å². The Morgan fingerprint density at radius 3 is 2.40 bits per heavy atom. The molecule has 0 aliphatic carbocycles. The monoisotopic (exact) mass is 234 g/mol. The molecule has 7 heteroatoms. The number of aliphatic carboxylic acids is 1. The molecule has 0 radical (unpaired) electrons. The van der Waals surface area contributed by atoms with Crippen LogP contribution in [0.15, 0.2) is 0 Å². The first kappa shape index (κ1) is 13.9. The third-order valence-corrected chi connectivity index (χ3v) is 2.73. The van der Waals surface area contributed by atoms with E-state index in [0.29, 0.717) is 0 Å². The normalized spacial score (nSPS) is 13.5. The van der Waals surface area contributed by atoms with E-state index < -0.39 is 27.8 Å². The Bertz CT molecular complexity index is 355. The molecule has 0 saturated carbocycles. The van der Waals surface area contributed by atoms with Gasteiger partial charge in [0.15, 0.2) is 5.75 Å². The maximum atomic E-state index is 11.1. The molecule has 0 spiro atoms. The van der Waals surface area contributed by atoms with E-state index in [9.17, 15) is 13.2 Å². The third-order valence-electron chi connectivity index (χ3n) is 1.58. The lowest BCUT2D eigenvalue weighted by molar-refractivity contribution is -0.139. The predicted octanol–water partition coefficient (Wildman–Crippen LogP) is -0.0713. The molecular formula is C8H14N2O4S. The van der Waals surface area contributed by atoms with Crippen LogP contribution in [-0.2, 0) is 14.8 Å². The van der Waals surface area contributed by atoms with Crippen molar-refractivity contribution in [1.29, 1.82) is 5.26 Å². The van der Waals surface area contributed by atoms with Crippen LogP contribution in [-0.4, -0.2) is 31.3 Å². The van der Waals surface area contributed by atoms with Gasteiger partial charge in [0.2, 0.25) is 10.0 Å². The molecule has 0 aromatic heterocycles. The fourth-order valence-corrected chi connectivity index (χ4v) is 1.90. The SMILES string of the molecule is CC(C)C[C@@H](NS(=O)(=O)CC#N)C(=O)O. The quantitative estimate of drug-likeness (QED) is 0.668. The van der Waals surface area contributed by atoms with Crippen LogP contribution in [0.4, 0.5) is 0 Å². The highest BCUT2D eigenvalue weighted by Crippen LogP contribution is 2.06. The highest BCUT2D eigenvalue weighted by atomic mass is 32.2. The highest BCUT2D eigenvalue weighted by Gasteiger charge is 2.24. The Morgan fingerprint density at radius 2 is 2.07 bits per heavy atom. The van der Waals surface area contributed by atoms with E-state index in [1.807, 2.05) is 4.72 Å². The zero-order chi connectivity index (χ0) is 12.1. The molecule has 2 N–H and O–H groups in total. The van der Waals surface area contributed by atoms with Gasteiger partial charge in [0.05, 0.1) is 6.07 Å². The molecule has 0 unspecified atom stereocenters. The minimum Gasteiger partial charge on any atom is -0.480 e. The van der Waals surface area contributed by atoms with E-state index in [4.69, 9.17) is 10.4 Å². The molecule has 0 aromatic carbocycles. The first-order valence-corrected chi connectivity index (χ1v) is 6.03. The molecule has 0 fully saturated rings. The van der Waals surface area contributed by atoms with Gasteiger partial charge in [0.25, 0.3) is 0 Å². The zero-order valence-corrected chi connectivity index (χ0v) is 9.41. The largest absolute Gasteiger partial charge is 0.480 e. The Labute approximate surface area is 89.0 Å². The number of hydrogen-bond donors (Lipinski definition) is 2. The van der Waals surface area contributed by atoms with Crippen LogP contribution in [0.1, 0.15) is 20.3 Å². The summed E-state index contributed by atoms with van der Waals surface area (Å²) in [4.78, 5) is 10.7. The van der Waals surface area contributed by atoms with Crippen LogP contribution in [0.3, 0.4) is 0 Å². The van der Waals surface area contributed by atoms with E-state index in [-0.39, 0.29) is 12.3 Å². The smallest absolute Gasteiger partial charge is 0.321 e. The Hall–Kier alpha value is -1.13. The van der Waals surface area contributed by atoms with Crippen LogP contribution in [0.5, 0.6) is 0 Å². The lowest BCUT2D eigenvalue weighted by atomic mass is 10.1. The molecule has 0 bridgehead atoms. The van der Waals surface area contributed by atoms with Crippen molar-refractivity contribution in [2.24, 2.45) is 5.92 Å². The minimum atomic E-state index is -3.81. The van der Waals surface area contributed by atoms with E-state index >= 15 is 0 Å². The molecule has 0 saturated heterocycles. The topological polar surface area (TPSA) is 107 Å². The van der Waals surface area contributed by atoms with Crippen LogP contribution in [0.2, 0.25) is 0 Å². The van der Waals surface area contributed by atoms with Gasteiger partial charge in [-0.15, -0.1) is 0 Å². The number of sulfonamides is 1. The Kier molecular flexibility index (Phi) is 5.25. The molecule has 86 valence electrons. The summed E-state index contributed by atoms with van der Waals surface area (Å²) >= 11 is 0. The van der Waals surface area contributed by atoms with Crippen molar-refractivity contribution < 1.29 is 18.3 Å². The second-order valence-electron chi connectivity index (χ2n) is 3.56. The van der Waals surface area contributed by atoms with Gasteiger partial charge in [-0.25, -0.2) is 13.1 Å². The van der Waals surface area contributed by atoms with Gasteiger partial charge >= 0.3 is 5.97 Å². The first-order chi connectivity index (χ1) is 6.78. The second kappa shape index (κ2) is 5.68. The Balaban J connectivity index is 4.57. The molecule has 0 amide bonds. The zero-order valence-electron chi connectivity index (χ0n) is 8.60. The van der Waals surface area contributed by atoms with E-state index in [0.717, 1.165) is 0 Å². The third kappa shape index (κ3) is 6.04. The number of nitrogens with one attached hydrogen (secondary N) is 1. The van der Waals surface area contributed by atoms with Crippen molar-refractivity contribution in [2.45, 2.75) is 26.3 Å². The maximum Gasteiger partial charge on any atom is 0.321 e. The highest BCUT2D eigenvalue weighted by molar-refractivity contribution is 7.89. The second-order valence-corrected chi connectivity index (χ2v) is 5.31. The van der Waals surface area contributed by atoms with E-state index in [1.165, 1.54) is 6.07 Å². The summed E-state index contributed by atoms with van der Waals surface area (Å²) in [6.45, 7) is 3.57. The summed E-state index contributed by atoms with van der Waals surface area (Å²) in [6.07, 6.45) is 0.194. The average molecular weight is 234 g/mol. The van der Waals surface area contributed by atoms with Crippen molar-refractivity contribution >= 4 is 16.0 Å². The molecular weight excluding hydrogens is 220 g/mol. The number of hydrogen-bond acceptors (Lipinski definition) is 4. The maximum absolute atomic E-state index is 11.1. The summed E-state index contributed by atoms with van der Waals surface area (Å²) < 4.78 is 24.2. The predicted molar refractivity (Wildman–Crippen MR) is 53.4 cm³/mol. The summed E-state index contributed by atoms with van der Waals surface area (Å²) in [6, 6.07) is 0.299. The van der Waals surface area contributed by atoms with Gasteiger partial charge < -0.3 is 5.11 Å². The number of nitrogens with zero attached hydrogens (tertiary/aromatic N) is 1. The number of nitriles is 1. The van der Waals surface area contributed by atoms with Gasteiger partial charge in [-0.3, -0.25) is 4.79 Å². The fourth-order valence-electron chi connectivity index (χ4n) is 1.01. The first-order valence-electron chi connectivity index (χ1n) is 4.38. The molecule has 0 aliphatic rings. The number of carboxylic acids is 1. The molecule has 1 atom stereocenters. The number of carboxylic acid groups (broad SMARTS) is 1. The van der Waals surface area contributed by atoms with Gasteiger partial charge in [0.1, 0.15) is 6.04 Å². The van der Waals surface area contributed by atoms with Crippen LogP contribution < -0.4 is 4.72 Å². The summed E-state index contributed by atoms with van der Waals surface area (Å²) in [5.41, 5.74) is 0. The van der Waals surface area contributed by atoms with Crippen molar-refractivity contribution in [2.75, 3.05) is 5.75 Å². The van der Waals surface area contributed by atoms with Crippen molar-refractivity contribution in [1.82, 2.24) is 4.72 Å². The average Bonchev–Trinajstić information content (AvgIpc) is 2.00. The minimum absolute atomic E-state index is 0.0517. The van der Waals surface area contributed by atoms with E-state index in [1.54, 1.807) is 13.8 Å². The lowest BCUT2D eigenvalue weighted by Gasteiger charge is -2.15. The summed E-state index contributed by atoms with van der Waals surface area (Å²) in [5.74, 6) is -1.91. The lowest BCUT2D eigenvalue weighted by Crippen LogP contribution is -2.42. The van der Waals surface area contributed by atoms with E-state index in [2.05, 4.69) is 0 Å². The molecule has 6 nitrogen and oxygen atoms in total. The molecule has 0 aliphatic heterocycles. The van der Waals surface area contributed by atoms with Gasteiger partial charge in [-0.2, -0.15) is 5.26 Å². The van der Waals surface area contributed by atoms with Gasteiger partial charge in [-0.1, -0.05) is 13.8 Å². The Morgan fingerprint density at radius 1 is 1.53 bits per heavy atom. The van der Waals surface area contributed by atoms with Crippen molar-refractivity contribution in [3.63, 3.8) is 0 Å². The number of rotatable bonds is 6. The fraction of sp³-hybridized carbons (Fsp3) is 0.750. The number of carbonyl (C=O) groups is 1. The molecule has 15 heavy (non-hydrogen) atoms. The summed E-state index contributed by atoms with van der Waals surface area (Å²) in [7, 11) is -3.81. The van der Waals surface area contributed by atoms with Gasteiger partial charge in [0, 0.05) is 0 Å². The summed E-state index contributed by atoms with van der Waals surface area (Å²) in [5, 5.41) is 17.0.